The van der Waals surface area contributed by atoms with E-state index in [1.54, 1.807) is 6.26 Å². The fourth-order valence-corrected chi connectivity index (χ4v) is 2.70. The monoisotopic (exact) mass is 433 g/mol. The Kier molecular flexibility index (Phi) is 5.04. The summed E-state index contributed by atoms with van der Waals surface area (Å²) >= 11 is 5.54. The summed E-state index contributed by atoms with van der Waals surface area (Å²) in [6, 6.07) is 9.44. The molecule has 3 nitrogen and oxygen atoms in total. The quantitative estimate of drug-likeness (QED) is 0.740. The lowest BCUT2D eigenvalue weighted by atomic mass is 10.1. The van der Waals surface area contributed by atoms with E-state index in [0.717, 1.165) is 13.8 Å². The second-order valence-electron chi connectivity index (χ2n) is 4.28. The van der Waals surface area contributed by atoms with Crippen molar-refractivity contribution in [2.24, 2.45) is 0 Å². The van der Waals surface area contributed by atoms with Crippen LogP contribution in [0.1, 0.15) is 23.0 Å². The molecule has 0 aliphatic heterocycles. The normalized spacial score (nSPS) is 12.2. The molecule has 1 aromatic carbocycles. The molecule has 1 atom stereocenters. The summed E-state index contributed by atoms with van der Waals surface area (Å²) in [5.74, 6) is 0.807. The molecular weight excluding hydrogens is 421 g/mol. The van der Waals surface area contributed by atoms with Crippen LogP contribution in [-0.4, -0.2) is 11.9 Å². The Morgan fingerprint density at radius 1 is 1.47 bits per heavy atom. The fourth-order valence-electron chi connectivity index (χ4n) is 1.75. The van der Waals surface area contributed by atoms with Gasteiger partial charge in [-0.05, 0) is 59.8 Å². The molecule has 1 N–H and O–H groups in total. The molecule has 1 heterocycles. The standard InChI is InChI=1S/C14H13BrINO2/c1-9(7-11-3-2-6-19-11)17-14(18)12-8-10(15)4-5-13(12)16/h2-6,8-9H,7H2,1H3,(H,17,18). The smallest absolute Gasteiger partial charge is 0.252 e. The average molecular weight is 434 g/mol. The summed E-state index contributed by atoms with van der Waals surface area (Å²) in [5, 5.41) is 2.98. The van der Waals surface area contributed by atoms with Crippen molar-refractivity contribution in [1.82, 2.24) is 5.32 Å². The van der Waals surface area contributed by atoms with Gasteiger partial charge in [-0.1, -0.05) is 15.9 Å². The number of hydrogen-bond donors (Lipinski definition) is 1. The first kappa shape index (κ1) is 14.6. The number of amides is 1. The molecule has 0 spiro atoms. The third-order valence-electron chi connectivity index (χ3n) is 2.64. The molecule has 1 amide bonds. The van der Waals surface area contributed by atoms with Crippen molar-refractivity contribution in [3.05, 3.63) is 56.0 Å². The van der Waals surface area contributed by atoms with Gasteiger partial charge in [0.2, 0.25) is 0 Å². The molecule has 0 aliphatic carbocycles. The number of benzene rings is 1. The van der Waals surface area contributed by atoms with E-state index in [9.17, 15) is 4.79 Å². The maximum Gasteiger partial charge on any atom is 0.252 e. The van der Waals surface area contributed by atoms with Crippen LogP contribution in [0.2, 0.25) is 0 Å². The summed E-state index contributed by atoms with van der Waals surface area (Å²) in [6.45, 7) is 1.96. The van der Waals surface area contributed by atoms with Crippen molar-refractivity contribution in [3.63, 3.8) is 0 Å². The van der Waals surface area contributed by atoms with Gasteiger partial charge in [-0.15, -0.1) is 0 Å². The zero-order valence-electron chi connectivity index (χ0n) is 10.3. The summed E-state index contributed by atoms with van der Waals surface area (Å²) in [6.07, 6.45) is 2.32. The highest BCUT2D eigenvalue weighted by Gasteiger charge is 2.14. The van der Waals surface area contributed by atoms with E-state index < -0.39 is 0 Å². The van der Waals surface area contributed by atoms with Crippen molar-refractivity contribution in [2.45, 2.75) is 19.4 Å². The molecule has 0 fully saturated rings. The lowest BCUT2D eigenvalue weighted by molar-refractivity contribution is 0.0938. The number of rotatable bonds is 4. The highest BCUT2D eigenvalue weighted by atomic mass is 127. The predicted octanol–water partition coefficient (Wildman–Crippen LogP) is 4.01. The van der Waals surface area contributed by atoms with Crippen molar-refractivity contribution in [3.8, 4) is 0 Å². The van der Waals surface area contributed by atoms with Gasteiger partial charge in [0.05, 0.1) is 11.8 Å². The largest absolute Gasteiger partial charge is 0.469 e. The van der Waals surface area contributed by atoms with Gasteiger partial charge in [-0.2, -0.15) is 0 Å². The van der Waals surface area contributed by atoms with Crippen molar-refractivity contribution in [2.75, 3.05) is 0 Å². The van der Waals surface area contributed by atoms with Gasteiger partial charge < -0.3 is 9.73 Å². The Morgan fingerprint density at radius 2 is 2.26 bits per heavy atom. The Bertz CT molecular complexity index is 569. The number of halogens is 2. The first-order valence-corrected chi connectivity index (χ1v) is 7.71. The summed E-state index contributed by atoms with van der Waals surface area (Å²) in [7, 11) is 0. The number of carbonyl (C=O) groups is 1. The number of carbonyl (C=O) groups excluding carboxylic acids is 1. The SMILES string of the molecule is CC(Cc1ccco1)NC(=O)c1cc(Br)ccc1I. The summed E-state index contributed by atoms with van der Waals surface area (Å²) < 4.78 is 7.11. The highest BCUT2D eigenvalue weighted by Crippen LogP contribution is 2.18. The third-order valence-corrected chi connectivity index (χ3v) is 4.07. The predicted molar refractivity (Wildman–Crippen MR) is 86.2 cm³/mol. The number of nitrogens with one attached hydrogen (secondary N) is 1. The molecule has 0 radical (unpaired) electrons. The van der Waals surface area contributed by atoms with Crippen LogP contribution in [0.3, 0.4) is 0 Å². The molecule has 1 aromatic heterocycles. The zero-order chi connectivity index (χ0) is 13.8. The van der Waals surface area contributed by atoms with Crippen LogP contribution < -0.4 is 5.32 Å². The Hall–Kier alpha value is -0.820. The average Bonchev–Trinajstić information content (AvgIpc) is 2.84. The van der Waals surface area contributed by atoms with Gasteiger partial charge >= 0.3 is 0 Å². The molecule has 5 heteroatoms. The number of furan rings is 1. The molecule has 0 aliphatic rings. The van der Waals surface area contributed by atoms with E-state index in [-0.39, 0.29) is 11.9 Å². The van der Waals surface area contributed by atoms with Crippen molar-refractivity contribution >= 4 is 44.4 Å². The minimum absolute atomic E-state index is 0.0217. The van der Waals surface area contributed by atoms with Gasteiger partial charge in [0, 0.05) is 20.5 Å². The molecule has 2 aromatic rings. The molecule has 0 saturated heterocycles. The maximum absolute atomic E-state index is 12.2. The summed E-state index contributed by atoms with van der Waals surface area (Å²) in [4.78, 5) is 12.2. The Labute approximate surface area is 134 Å². The highest BCUT2D eigenvalue weighted by molar-refractivity contribution is 14.1. The molecule has 0 saturated carbocycles. The van der Waals surface area contributed by atoms with E-state index in [4.69, 9.17) is 4.42 Å². The van der Waals surface area contributed by atoms with E-state index in [1.165, 1.54) is 0 Å². The lowest BCUT2D eigenvalue weighted by Crippen LogP contribution is -2.34. The lowest BCUT2D eigenvalue weighted by Gasteiger charge is -2.13. The fraction of sp³-hybridized carbons (Fsp3) is 0.214. The van der Waals surface area contributed by atoms with Crippen molar-refractivity contribution in [1.29, 1.82) is 0 Å². The van der Waals surface area contributed by atoms with Crippen LogP contribution in [-0.2, 0) is 6.42 Å². The van der Waals surface area contributed by atoms with Crippen LogP contribution in [0, 0.1) is 3.57 Å². The van der Waals surface area contributed by atoms with E-state index in [2.05, 4.69) is 43.8 Å². The molecule has 0 bridgehead atoms. The van der Waals surface area contributed by atoms with E-state index in [1.807, 2.05) is 37.3 Å². The van der Waals surface area contributed by atoms with Gasteiger partial charge in [-0.25, -0.2) is 0 Å². The molecule has 2 rings (SSSR count). The van der Waals surface area contributed by atoms with Crippen LogP contribution >= 0.6 is 38.5 Å². The second-order valence-corrected chi connectivity index (χ2v) is 6.36. The third kappa shape index (κ3) is 4.07. The zero-order valence-corrected chi connectivity index (χ0v) is 14.1. The first-order chi connectivity index (χ1) is 9.06. The van der Waals surface area contributed by atoms with Gasteiger partial charge in [0.25, 0.3) is 5.91 Å². The molecule has 100 valence electrons. The van der Waals surface area contributed by atoms with E-state index in [0.29, 0.717) is 12.0 Å². The first-order valence-electron chi connectivity index (χ1n) is 5.84. The van der Waals surface area contributed by atoms with Gasteiger partial charge in [0.15, 0.2) is 0 Å². The maximum atomic E-state index is 12.2. The minimum Gasteiger partial charge on any atom is -0.469 e. The van der Waals surface area contributed by atoms with Gasteiger partial charge in [-0.3, -0.25) is 4.79 Å². The molecule has 19 heavy (non-hydrogen) atoms. The topological polar surface area (TPSA) is 42.2 Å². The van der Waals surface area contributed by atoms with Crippen LogP contribution in [0.4, 0.5) is 0 Å². The molecular formula is C14H13BrINO2. The van der Waals surface area contributed by atoms with Crippen LogP contribution in [0.5, 0.6) is 0 Å². The van der Waals surface area contributed by atoms with Crippen LogP contribution in [0.25, 0.3) is 0 Å². The molecule has 1 unspecified atom stereocenters. The Morgan fingerprint density at radius 3 is 2.95 bits per heavy atom. The second kappa shape index (κ2) is 6.56. The van der Waals surface area contributed by atoms with Gasteiger partial charge in [0.1, 0.15) is 5.76 Å². The van der Waals surface area contributed by atoms with E-state index >= 15 is 0 Å². The van der Waals surface area contributed by atoms with Crippen LogP contribution in [0.15, 0.2) is 45.5 Å². The van der Waals surface area contributed by atoms with Crippen molar-refractivity contribution < 1.29 is 9.21 Å². The minimum atomic E-state index is -0.0650. The summed E-state index contributed by atoms with van der Waals surface area (Å²) in [5.41, 5.74) is 0.682. The Balaban J connectivity index is 2.02. The number of hydrogen-bond acceptors (Lipinski definition) is 2.